The molecule has 1 amide bonds. The largest absolute Gasteiger partial charge is 0.334 e. The van der Waals surface area contributed by atoms with E-state index >= 15 is 0 Å². The van der Waals surface area contributed by atoms with Gasteiger partial charge < -0.3 is 14.4 Å². The van der Waals surface area contributed by atoms with Gasteiger partial charge in [0.15, 0.2) is 0 Å². The summed E-state index contributed by atoms with van der Waals surface area (Å²) in [6.07, 6.45) is 2.33. The molecule has 0 saturated carbocycles. The van der Waals surface area contributed by atoms with Crippen molar-refractivity contribution in [2.75, 3.05) is 5.32 Å². The van der Waals surface area contributed by atoms with Gasteiger partial charge in [-0.25, -0.2) is 0 Å². The number of halogens is 1. The van der Waals surface area contributed by atoms with Crippen LogP contribution in [0.15, 0.2) is 76.2 Å². The van der Waals surface area contributed by atoms with Crippen LogP contribution in [0, 0.1) is 0 Å². The second-order valence-electron chi connectivity index (χ2n) is 6.87. The standard InChI is InChI=1S/C23H19ClN4O3/c1-2-15-5-3-4-6-19(15)25-20(29)14-28-13-17(9-12-21(28)30)23-26-22(27-31-23)16-7-10-18(24)11-8-16/h3-13H,2,14H2,1H3,(H,25,29). The lowest BCUT2D eigenvalue weighted by Crippen LogP contribution is -2.27. The Balaban J connectivity index is 1.54. The van der Waals surface area contributed by atoms with E-state index in [1.807, 2.05) is 31.2 Å². The first-order valence-electron chi connectivity index (χ1n) is 9.72. The number of nitrogens with zero attached hydrogens (tertiary/aromatic N) is 3. The van der Waals surface area contributed by atoms with E-state index in [1.54, 1.807) is 30.3 Å². The van der Waals surface area contributed by atoms with Crippen molar-refractivity contribution in [2.24, 2.45) is 0 Å². The van der Waals surface area contributed by atoms with Gasteiger partial charge in [0.2, 0.25) is 11.7 Å². The lowest BCUT2D eigenvalue weighted by atomic mass is 10.1. The fraction of sp³-hybridized carbons (Fsp3) is 0.130. The molecule has 0 spiro atoms. The number of aryl methyl sites for hydroxylation is 1. The molecule has 31 heavy (non-hydrogen) atoms. The molecule has 0 saturated heterocycles. The Labute approximate surface area is 183 Å². The molecule has 0 aliphatic carbocycles. The van der Waals surface area contributed by atoms with Crippen LogP contribution in [-0.4, -0.2) is 20.6 Å². The summed E-state index contributed by atoms with van der Waals surface area (Å²) in [6, 6.07) is 17.6. The molecule has 0 atom stereocenters. The van der Waals surface area contributed by atoms with Crippen molar-refractivity contribution < 1.29 is 9.32 Å². The average Bonchev–Trinajstić information content (AvgIpc) is 3.26. The van der Waals surface area contributed by atoms with Gasteiger partial charge in [-0.3, -0.25) is 9.59 Å². The molecule has 4 aromatic rings. The average molecular weight is 435 g/mol. The summed E-state index contributed by atoms with van der Waals surface area (Å²) in [5, 5.41) is 7.46. The summed E-state index contributed by atoms with van der Waals surface area (Å²) in [4.78, 5) is 29.2. The van der Waals surface area contributed by atoms with Gasteiger partial charge in [0.25, 0.3) is 11.4 Å². The number of hydrogen-bond donors (Lipinski definition) is 1. The highest BCUT2D eigenvalue weighted by atomic mass is 35.5. The summed E-state index contributed by atoms with van der Waals surface area (Å²) in [5.74, 6) is 0.348. The lowest BCUT2D eigenvalue weighted by molar-refractivity contribution is -0.116. The summed E-state index contributed by atoms with van der Waals surface area (Å²) >= 11 is 5.91. The van der Waals surface area contributed by atoms with Crippen LogP contribution >= 0.6 is 11.6 Å². The molecule has 0 aliphatic rings. The Hall–Kier alpha value is -3.71. The summed E-state index contributed by atoms with van der Waals surface area (Å²) < 4.78 is 6.66. The number of carbonyl (C=O) groups excluding carboxylic acids is 1. The van der Waals surface area contributed by atoms with Crippen LogP contribution < -0.4 is 10.9 Å². The predicted molar refractivity (Wildman–Crippen MR) is 119 cm³/mol. The van der Waals surface area contributed by atoms with E-state index in [-0.39, 0.29) is 23.9 Å². The number of hydrogen-bond acceptors (Lipinski definition) is 5. The monoisotopic (exact) mass is 434 g/mol. The second-order valence-corrected chi connectivity index (χ2v) is 7.31. The Morgan fingerprint density at radius 2 is 1.81 bits per heavy atom. The summed E-state index contributed by atoms with van der Waals surface area (Å²) in [5.41, 5.74) is 2.75. The Morgan fingerprint density at radius 3 is 2.58 bits per heavy atom. The van der Waals surface area contributed by atoms with Gasteiger partial charge in [-0.05, 0) is 48.4 Å². The quantitative estimate of drug-likeness (QED) is 0.485. The van der Waals surface area contributed by atoms with Crippen LogP contribution in [0.3, 0.4) is 0 Å². The minimum absolute atomic E-state index is 0.136. The zero-order valence-electron chi connectivity index (χ0n) is 16.7. The van der Waals surface area contributed by atoms with Crippen molar-refractivity contribution in [3.05, 3.63) is 87.8 Å². The maximum Gasteiger partial charge on any atom is 0.259 e. The molecule has 7 nitrogen and oxygen atoms in total. The van der Waals surface area contributed by atoms with Crippen molar-refractivity contribution in [3.8, 4) is 22.8 Å². The van der Waals surface area contributed by atoms with Crippen LogP contribution in [0.4, 0.5) is 5.69 Å². The molecule has 4 rings (SSSR count). The van der Waals surface area contributed by atoms with Gasteiger partial charge in [0.05, 0.1) is 5.56 Å². The first-order chi connectivity index (χ1) is 15.0. The number of nitrogens with one attached hydrogen (secondary N) is 1. The molecular weight excluding hydrogens is 416 g/mol. The highest BCUT2D eigenvalue weighted by Crippen LogP contribution is 2.23. The van der Waals surface area contributed by atoms with Gasteiger partial charge in [-0.2, -0.15) is 4.98 Å². The lowest BCUT2D eigenvalue weighted by Gasteiger charge is -2.11. The van der Waals surface area contributed by atoms with Crippen LogP contribution in [-0.2, 0) is 17.8 Å². The maximum absolute atomic E-state index is 12.5. The smallest absolute Gasteiger partial charge is 0.259 e. The third-order valence-corrected chi connectivity index (χ3v) is 5.00. The predicted octanol–water partition coefficient (Wildman–Crippen LogP) is 4.42. The molecule has 0 bridgehead atoms. The van der Waals surface area contributed by atoms with Gasteiger partial charge in [0.1, 0.15) is 6.54 Å². The number of para-hydroxylation sites is 1. The molecule has 0 unspecified atom stereocenters. The molecule has 0 fully saturated rings. The van der Waals surface area contributed by atoms with Crippen molar-refractivity contribution >= 4 is 23.2 Å². The van der Waals surface area contributed by atoms with Crippen LogP contribution in [0.25, 0.3) is 22.8 Å². The molecule has 2 aromatic carbocycles. The van der Waals surface area contributed by atoms with Crippen LogP contribution in [0.1, 0.15) is 12.5 Å². The Bertz CT molecular complexity index is 1280. The van der Waals surface area contributed by atoms with Gasteiger partial charge >= 0.3 is 0 Å². The fourth-order valence-corrected chi connectivity index (χ4v) is 3.26. The minimum atomic E-state index is -0.305. The SMILES string of the molecule is CCc1ccccc1NC(=O)Cn1cc(-c2nc(-c3ccc(Cl)cc3)no2)ccc1=O. The number of benzene rings is 2. The van der Waals surface area contributed by atoms with E-state index in [9.17, 15) is 9.59 Å². The molecule has 2 aromatic heterocycles. The van der Waals surface area contributed by atoms with Gasteiger partial charge in [-0.1, -0.05) is 41.9 Å². The summed E-state index contributed by atoms with van der Waals surface area (Å²) in [7, 11) is 0. The van der Waals surface area contributed by atoms with Crippen LogP contribution in [0.5, 0.6) is 0 Å². The van der Waals surface area contributed by atoms with E-state index < -0.39 is 0 Å². The zero-order chi connectivity index (χ0) is 21.8. The van der Waals surface area contributed by atoms with Crippen molar-refractivity contribution in [2.45, 2.75) is 19.9 Å². The normalized spacial score (nSPS) is 10.8. The molecule has 0 aliphatic heterocycles. The van der Waals surface area contributed by atoms with Crippen molar-refractivity contribution in [1.29, 1.82) is 0 Å². The molecule has 8 heteroatoms. The summed E-state index contributed by atoms with van der Waals surface area (Å²) in [6.45, 7) is 1.88. The number of carbonyl (C=O) groups is 1. The third kappa shape index (κ3) is 4.73. The van der Waals surface area contributed by atoms with E-state index in [0.29, 0.717) is 16.4 Å². The first-order valence-corrected chi connectivity index (χ1v) is 10.1. The van der Waals surface area contributed by atoms with Crippen LogP contribution in [0.2, 0.25) is 5.02 Å². The van der Waals surface area contributed by atoms with E-state index in [1.165, 1.54) is 16.8 Å². The molecule has 1 N–H and O–H groups in total. The fourth-order valence-electron chi connectivity index (χ4n) is 3.13. The number of amides is 1. The number of aromatic nitrogens is 3. The zero-order valence-corrected chi connectivity index (χ0v) is 17.5. The number of pyridine rings is 1. The highest BCUT2D eigenvalue weighted by molar-refractivity contribution is 6.30. The first kappa shape index (κ1) is 20.6. The number of rotatable bonds is 6. The maximum atomic E-state index is 12.5. The highest BCUT2D eigenvalue weighted by Gasteiger charge is 2.13. The molecule has 2 heterocycles. The topological polar surface area (TPSA) is 90.0 Å². The van der Waals surface area contributed by atoms with E-state index in [4.69, 9.17) is 16.1 Å². The molecule has 0 radical (unpaired) electrons. The van der Waals surface area contributed by atoms with Gasteiger partial charge in [0, 0.05) is 28.5 Å². The van der Waals surface area contributed by atoms with E-state index in [2.05, 4.69) is 15.5 Å². The van der Waals surface area contributed by atoms with Gasteiger partial charge in [-0.15, -0.1) is 0 Å². The third-order valence-electron chi connectivity index (χ3n) is 4.75. The Kier molecular flexibility index (Phi) is 5.95. The van der Waals surface area contributed by atoms with Crippen molar-refractivity contribution in [3.63, 3.8) is 0 Å². The second kappa shape index (κ2) is 8.97. The van der Waals surface area contributed by atoms with E-state index in [0.717, 1.165) is 23.2 Å². The Morgan fingerprint density at radius 1 is 1.06 bits per heavy atom. The minimum Gasteiger partial charge on any atom is -0.334 e. The number of anilines is 1. The molecular formula is C23H19ClN4O3. The van der Waals surface area contributed by atoms with Crippen molar-refractivity contribution in [1.82, 2.24) is 14.7 Å². The molecule has 156 valence electrons.